The number of rotatable bonds is 5. The van der Waals surface area contributed by atoms with Crippen molar-refractivity contribution in [3.8, 4) is 0 Å². The molecule has 2 aliphatic rings. The Morgan fingerprint density at radius 1 is 0.950 bits per heavy atom. The molecule has 0 spiro atoms. The summed E-state index contributed by atoms with van der Waals surface area (Å²) < 4.78 is 26.8. The first-order chi connectivity index (χ1) is 9.63. The van der Waals surface area contributed by atoms with Crippen molar-refractivity contribution in [3.63, 3.8) is 0 Å². The van der Waals surface area contributed by atoms with E-state index in [1.807, 2.05) is 12.1 Å². The van der Waals surface area contributed by atoms with E-state index in [0.717, 1.165) is 37.8 Å². The second-order valence-corrected chi connectivity index (χ2v) is 7.26. The van der Waals surface area contributed by atoms with Gasteiger partial charge in [0.05, 0.1) is 4.90 Å². The Balaban J connectivity index is 1.65. The van der Waals surface area contributed by atoms with Crippen LogP contribution in [0, 0.1) is 0 Å². The molecule has 108 valence electrons. The minimum absolute atomic E-state index is 0.145. The van der Waals surface area contributed by atoms with Gasteiger partial charge in [-0.2, -0.15) is 0 Å². The lowest BCUT2D eigenvalue weighted by atomic mass is 10.0. The number of allylic oxidation sites excluding steroid dienone is 1. The molecule has 0 heterocycles. The van der Waals surface area contributed by atoms with E-state index in [-0.39, 0.29) is 6.04 Å². The lowest BCUT2D eigenvalue weighted by molar-refractivity contribution is 0.581. The molecular formula is C15H20N2O2S. The number of nitrogens with one attached hydrogen (secondary N) is 2. The molecule has 0 aliphatic heterocycles. The predicted molar refractivity (Wildman–Crippen MR) is 80.2 cm³/mol. The van der Waals surface area contributed by atoms with Gasteiger partial charge in [-0.3, -0.25) is 0 Å². The first-order valence-electron chi connectivity index (χ1n) is 7.17. The van der Waals surface area contributed by atoms with Crippen LogP contribution in [0.15, 0.2) is 41.3 Å². The molecule has 1 atom stereocenters. The molecule has 2 aliphatic carbocycles. The van der Waals surface area contributed by atoms with Crippen LogP contribution >= 0.6 is 0 Å². The maximum atomic E-state index is 12.0. The zero-order valence-corrected chi connectivity index (χ0v) is 12.2. The maximum Gasteiger partial charge on any atom is 0.240 e. The molecule has 1 fully saturated rings. The quantitative estimate of drug-likeness (QED) is 0.820. The monoisotopic (exact) mass is 292 g/mol. The van der Waals surface area contributed by atoms with Gasteiger partial charge in [-0.1, -0.05) is 12.2 Å². The Kier molecular flexibility index (Phi) is 3.81. The van der Waals surface area contributed by atoms with Crippen LogP contribution in [0.1, 0.15) is 32.1 Å². The summed E-state index contributed by atoms with van der Waals surface area (Å²) in [6.45, 7) is 0. The van der Waals surface area contributed by atoms with Crippen LogP contribution in [-0.2, 0) is 10.0 Å². The van der Waals surface area contributed by atoms with Crippen LogP contribution in [0.2, 0.25) is 0 Å². The Morgan fingerprint density at radius 3 is 2.30 bits per heavy atom. The van der Waals surface area contributed by atoms with Gasteiger partial charge in [-0.05, 0) is 56.4 Å². The van der Waals surface area contributed by atoms with E-state index in [2.05, 4.69) is 22.2 Å². The summed E-state index contributed by atoms with van der Waals surface area (Å²) in [5, 5.41) is 3.45. The second-order valence-electron chi connectivity index (χ2n) is 5.55. The van der Waals surface area contributed by atoms with Crippen molar-refractivity contribution in [1.29, 1.82) is 0 Å². The van der Waals surface area contributed by atoms with Gasteiger partial charge in [-0.25, -0.2) is 13.1 Å². The molecule has 5 heteroatoms. The second kappa shape index (κ2) is 5.58. The van der Waals surface area contributed by atoms with Gasteiger partial charge in [0.25, 0.3) is 0 Å². The SMILES string of the molecule is O=S(=O)(NC1CC1)c1ccc(NC2CC=CCC2)cc1. The third-order valence-electron chi connectivity index (χ3n) is 3.70. The Morgan fingerprint density at radius 2 is 1.70 bits per heavy atom. The van der Waals surface area contributed by atoms with Gasteiger partial charge in [0.2, 0.25) is 10.0 Å². The van der Waals surface area contributed by atoms with Gasteiger partial charge >= 0.3 is 0 Å². The molecule has 0 aromatic heterocycles. The van der Waals surface area contributed by atoms with Gasteiger partial charge < -0.3 is 5.32 Å². The van der Waals surface area contributed by atoms with Crippen molar-refractivity contribution in [2.24, 2.45) is 0 Å². The number of benzene rings is 1. The molecular weight excluding hydrogens is 272 g/mol. The minimum Gasteiger partial charge on any atom is -0.382 e. The molecule has 4 nitrogen and oxygen atoms in total. The Hall–Kier alpha value is -1.33. The van der Waals surface area contributed by atoms with E-state index in [4.69, 9.17) is 0 Å². The smallest absolute Gasteiger partial charge is 0.240 e. The van der Waals surface area contributed by atoms with Crippen molar-refractivity contribution in [2.75, 3.05) is 5.32 Å². The maximum absolute atomic E-state index is 12.0. The topological polar surface area (TPSA) is 58.2 Å². The largest absolute Gasteiger partial charge is 0.382 e. The van der Waals surface area contributed by atoms with Crippen molar-refractivity contribution < 1.29 is 8.42 Å². The number of sulfonamides is 1. The molecule has 1 aromatic rings. The summed E-state index contributed by atoms with van der Waals surface area (Å²) in [6, 6.07) is 7.63. The minimum atomic E-state index is -3.34. The summed E-state index contributed by atoms with van der Waals surface area (Å²) in [7, 11) is -3.34. The molecule has 0 saturated heterocycles. The summed E-state index contributed by atoms with van der Waals surface area (Å²) in [6.07, 6.45) is 9.57. The molecule has 0 amide bonds. The lowest BCUT2D eigenvalue weighted by Crippen LogP contribution is -2.25. The van der Waals surface area contributed by atoms with Crippen molar-refractivity contribution in [3.05, 3.63) is 36.4 Å². The highest BCUT2D eigenvalue weighted by Crippen LogP contribution is 2.23. The van der Waals surface area contributed by atoms with E-state index >= 15 is 0 Å². The van der Waals surface area contributed by atoms with Gasteiger partial charge in [0, 0.05) is 17.8 Å². The molecule has 0 radical (unpaired) electrons. The number of hydrogen-bond donors (Lipinski definition) is 2. The fraction of sp³-hybridized carbons (Fsp3) is 0.467. The lowest BCUT2D eigenvalue weighted by Gasteiger charge is -2.20. The van der Waals surface area contributed by atoms with E-state index in [1.54, 1.807) is 12.1 Å². The van der Waals surface area contributed by atoms with Gasteiger partial charge in [-0.15, -0.1) is 0 Å². The van der Waals surface area contributed by atoms with Gasteiger partial charge in [0.1, 0.15) is 0 Å². The summed E-state index contributed by atoms with van der Waals surface area (Å²) in [5.74, 6) is 0. The van der Waals surface area contributed by atoms with Crippen molar-refractivity contribution in [1.82, 2.24) is 4.72 Å². The number of hydrogen-bond acceptors (Lipinski definition) is 3. The summed E-state index contributed by atoms with van der Waals surface area (Å²) >= 11 is 0. The molecule has 2 N–H and O–H groups in total. The van der Waals surface area contributed by atoms with Crippen LogP contribution in [0.25, 0.3) is 0 Å². The van der Waals surface area contributed by atoms with Crippen LogP contribution in [0.5, 0.6) is 0 Å². The fourth-order valence-electron chi connectivity index (χ4n) is 2.38. The normalized spacial score (nSPS) is 22.7. The van der Waals surface area contributed by atoms with E-state index < -0.39 is 10.0 Å². The highest BCUT2D eigenvalue weighted by atomic mass is 32.2. The van der Waals surface area contributed by atoms with Gasteiger partial charge in [0.15, 0.2) is 0 Å². The Bertz CT molecular complexity index is 589. The van der Waals surface area contributed by atoms with Crippen LogP contribution < -0.4 is 10.0 Å². The standard InChI is InChI=1S/C15H20N2O2S/c18-20(19,17-14-6-7-14)15-10-8-13(9-11-15)16-12-4-2-1-3-5-12/h1-2,8-12,14,16-17H,3-7H2. The zero-order valence-electron chi connectivity index (χ0n) is 11.4. The van der Waals surface area contributed by atoms with Crippen molar-refractivity contribution >= 4 is 15.7 Å². The fourth-order valence-corrected chi connectivity index (χ4v) is 3.68. The van der Waals surface area contributed by atoms with Crippen LogP contribution in [0.4, 0.5) is 5.69 Å². The van der Waals surface area contributed by atoms with E-state index in [0.29, 0.717) is 10.9 Å². The average Bonchev–Trinajstić information content (AvgIpc) is 3.24. The van der Waals surface area contributed by atoms with Crippen LogP contribution in [0.3, 0.4) is 0 Å². The highest BCUT2D eigenvalue weighted by Gasteiger charge is 2.27. The summed E-state index contributed by atoms with van der Waals surface area (Å²) in [4.78, 5) is 0.346. The average molecular weight is 292 g/mol. The third kappa shape index (κ3) is 3.41. The first-order valence-corrected chi connectivity index (χ1v) is 8.66. The van der Waals surface area contributed by atoms with Crippen molar-refractivity contribution in [2.45, 2.75) is 49.1 Å². The molecule has 1 aromatic carbocycles. The third-order valence-corrected chi connectivity index (χ3v) is 5.24. The predicted octanol–water partition coefficient (Wildman–Crippen LogP) is 2.65. The first kappa shape index (κ1) is 13.6. The van der Waals surface area contributed by atoms with Crippen LogP contribution in [-0.4, -0.2) is 20.5 Å². The molecule has 1 unspecified atom stereocenters. The summed E-state index contributed by atoms with van der Waals surface area (Å²) in [5.41, 5.74) is 0.982. The van der Waals surface area contributed by atoms with E-state index in [9.17, 15) is 8.42 Å². The Labute approximate surface area is 120 Å². The number of anilines is 1. The highest BCUT2D eigenvalue weighted by molar-refractivity contribution is 7.89. The van der Waals surface area contributed by atoms with E-state index in [1.165, 1.54) is 0 Å². The molecule has 3 rings (SSSR count). The molecule has 0 bridgehead atoms. The molecule has 1 saturated carbocycles. The molecule has 20 heavy (non-hydrogen) atoms. The zero-order chi connectivity index (χ0) is 14.0.